The van der Waals surface area contributed by atoms with Crippen LogP contribution < -0.4 is 0 Å². The van der Waals surface area contributed by atoms with Crippen molar-refractivity contribution in [1.29, 1.82) is 0 Å². The molecule has 0 saturated carbocycles. The van der Waals surface area contributed by atoms with E-state index in [2.05, 4.69) is 16.1 Å². The van der Waals surface area contributed by atoms with Gasteiger partial charge in [-0.25, -0.2) is 4.79 Å². The van der Waals surface area contributed by atoms with Gasteiger partial charge in [0.2, 0.25) is 6.29 Å². The van der Waals surface area contributed by atoms with Crippen LogP contribution in [0.15, 0.2) is 12.2 Å². The maximum atomic E-state index is 12.3. The van der Waals surface area contributed by atoms with Gasteiger partial charge in [0, 0.05) is 0 Å². The average Bonchev–Trinajstić information content (AvgIpc) is 2.20. The summed E-state index contributed by atoms with van der Waals surface area (Å²) < 4.78 is 82.7. The minimum Gasteiger partial charge on any atom is -0.432 e. The largest absolute Gasteiger partial charge is 0.432 e. The number of halogens is 6. The highest BCUT2D eigenvalue weighted by molar-refractivity contribution is 5.88. The van der Waals surface area contributed by atoms with Crippen molar-refractivity contribution in [2.75, 3.05) is 6.61 Å². The number of hydrogen-bond donors (Lipinski definition) is 1. The van der Waals surface area contributed by atoms with Gasteiger partial charge >= 0.3 is 18.3 Å². The molecule has 110 valence electrons. The fourth-order valence-electron chi connectivity index (χ4n) is 1.22. The van der Waals surface area contributed by atoms with Gasteiger partial charge in [-0.3, -0.25) is 0 Å². The van der Waals surface area contributed by atoms with E-state index < -0.39 is 43.2 Å². The van der Waals surface area contributed by atoms with E-state index in [0.717, 1.165) is 0 Å². The second-order valence-electron chi connectivity index (χ2n) is 3.81. The lowest BCUT2D eigenvalue weighted by Crippen LogP contribution is -2.59. The van der Waals surface area contributed by atoms with Crippen molar-refractivity contribution in [3.05, 3.63) is 12.2 Å². The molecule has 0 aromatic rings. The Morgan fingerprint density at radius 3 is 2.05 bits per heavy atom. The lowest BCUT2D eigenvalue weighted by Gasteiger charge is -2.35. The fraction of sp³-hybridized carbons (Fsp3) is 0.667. The maximum Gasteiger partial charge on any atom is 0.426 e. The van der Waals surface area contributed by atoms with Gasteiger partial charge in [-0.05, 0) is 0 Å². The van der Waals surface area contributed by atoms with E-state index in [0.29, 0.717) is 0 Å². The Kier molecular flexibility index (Phi) is 3.88. The Balaban J connectivity index is 2.92. The highest BCUT2D eigenvalue weighted by Gasteiger charge is 2.71. The molecule has 10 heteroatoms. The first-order chi connectivity index (χ1) is 8.38. The number of hydrogen-bond acceptors (Lipinski definition) is 4. The normalized spacial score (nSPS) is 22.4. The Bertz CT molecular complexity index is 371. The van der Waals surface area contributed by atoms with Crippen LogP contribution in [0.4, 0.5) is 26.3 Å². The summed E-state index contributed by atoms with van der Waals surface area (Å²) in [7, 11) is 0. The monoisotopic (exact) mass is 294 g/mol. The van der Waals surface area contributed by atoms with Crippen LogP contribution >= 0.6 is 0 Å². The van der Waals surface area contributed by atoms with E-state index >= 15 is 0 Å². The zero-order chi connectivity index (χ0) is 15.1. The molecule has 0 spiro atoms. The summed E-state index contributed by atoms with van der Waals surface area (Å²) in [5.74, 6) is -1.18. The topological polar surface area (TPSA) is 55.8 Å². The number of rotatable bonds is 2. The Morgan fingerprint density at radius 1 is 1.21 bits per heavy atom. The van der Waals surface area contributed by atoms with Crippen molar-refractivity contribution in [2.24, 2.45) is 0 Å². The van der Waals surface area contributed by atoms with Crippen LogP contribution in [0.2, 0.25) is 0 Å². The molecular weight excluding hydrogens is 286 g/mol. The van der Waals surface area contributed by atoms with Crippen molar-refractivity contribution in [3.8, 4) is 0 Å². The third-order valence-corrected chi connectivity index (χ3v) is 2.37. The van der Waals surface area contributed by atoms with Crippen molar-refractivity contribution >= 4 is 5.97 Å². The van der Waals surface area contributed by atoms with Crippen molar-refractivity contribution in [1.82, 2.24) is 0 Å². The lowest BCUT2D eigenvalue weighted by molar-refractivity contribution is -0.381. The molecule has 0 aromatic carbocycles. The van der Waals surface area contributed by atoms with Gasteiger partial charge < -0.3 is 14.6 Å². The molecule has 1 saturated heterocycles. The number of alkyl halides is 6. The summed E-state index contributed by atoms with van der Waals surface area (Å²) in [5, 5.41) is 8.84. The van der Waals surface area contributed by atoms with Crippen molar-refractivity contribution < 1.29 is 45.7 Å². The van der Waals surface area contributed by atoms with E-state index in [4.69, 9.17) is 5.11 Å². The third kappa shape index (κ3) is 3.00. The van der Waals surface area contributed by atoms with Gasteiger partial charge in [-0.15, -0.1) is 0 Å². The van der Waals surface area contributed by atoms with Gasteiger partial charge in [-0.2, -0.15) is 26.3 Å². The first-order valence-corrected chi connectivity index (χ1v) is 4.74. The number of ether oxygens (including phenoxy) is 2. The number of aliphatic hydroxyl groups is 1. The molecule has 4 nitrogen and oxygen atoms in total. The van der Waals surface area contributed by atoms with Crippen LogP contribution in [-0.2, 0) is 14.3 Å². The van der Waals surface area contributed by atoms with E-state index in [9.17, 15) is 31.1 Å². The summed E-state index contributed by atoms with van der Waals surface area (Å²) >= 11 is 0. The zero-order valence-electron chi connectivity index (χ0n) is 9.14. The quantitative estimate of drug-likeness (QED) is 0.478. The van der Waals surface area contributed by atoms with Crippen LogP contribution in [0, 0.1) is 0 Å². The molecule has 19 heavy (non-hydrogen) atoms. The molecule has 0 bridgehead atoms. The molecule has 1 heterocycles. The minimum atomic E-state index is -5.99. The number of carbonyl (C=O) groups is 1. The minimum absolute atomic E-state index is 0.251. The Morgan fingerprint density at radius 2 is 1.68 bits per heavy atom. The molecule has 0 aliphatic carbocycles. The second-order valence-corrected chi connectivity index (χ2v) is 3.81. The third-order valence-electron chi connectivity index (χ3n) is 2.37. The first-order valence-electron chi connectivity index (χ1n) is 4.74. The van der Waals surface area contributed by atoms with Crippen molar-refractivity contribution in [3.63, 3.8) is 0 Å². The highest BCUT2D eigenvalue weighted by atomic mass is 19.4. The summed E-state index contributed by atoms with van der Waals surface area (Å²) in [4.78, 5) is 10.9. The standard InChI is InChI=1S/C9H8F6O4/c1-4-3-18-5(19-6(4)16)2-7(17,8(10,11)12)9(13,14)15/h5,17H,1-3H2. The first kappa shape index (κ1) is 15.8. The van der Waals surface area contributed by atoms with Crippen LogP contribution in [0.3, 0.4) is 0 Å². The molecule has 1 fully saturated rings. The van der Waals surface area contributed by atoms with Gasteiger partial charge in [0.25, 0.3) is 5.60 Å². The Labute approximate surface area is 102 Å². The molecule has 1 aliphatic rings. The lowest BCUT2D eigenvalue weighted by atomic mass is 9.97. The number of carbonyl (C=O) groups excluding carboxylic acids is 1. The molecule has 1 rings (SSSR count). The molecule has 0 radical (unpaired) electrons. The number of esters is 1. The van der Waals surface area contributed by atoms with Crippen molar-refractivity contribution in [2.45, 2.75) is 30.7 Å². The summed E-state index contributed by atoms with van der Waals surface area (Å²) in [6.07, 6.45) is -16.1. The SMILES string of the molecule is C=C1COC(CC(O)(C(F)(F)F)C(F)(F)F)OC1=O. The van der Waals surface area contributed by atoms with E-state index in [1.165, 1.54) is 0 Å². The molecule has 1 atom stereocenters. The van der Waals surface area contributed by atoms with Gasteiger partial charge in [0.15, 0.2) is 0 Å². The summed E-state index contributed by atoms with van der Waals surface area (Å²) in [6, 6.07) is 0. The van der Waals surface area contributed by atoms with Crippen LogP contribution in [0.1, 0.15) is 6.42 Å². The summed E-state index contributed by atoms with van der Waals surface area (Å²) in [5.41, 5.74) is -5.28. The summed E-state index contributed by atoms with van der Waals surface area (Å²) in [6.45, 7) is 2.54. The van der Waals surface area contributed by atoms with Crippen LogP contribution in [-0.4, -0.2) is 41.9 Å². The molecule has 1 N–H and O–H groups in total. The van der Waals surface area contributed by atoms with Gasteiger partial charge in [-0.1, -0.05) is 6.58 Å². The molecule has 1 aliphatic heterocycles. The van der Waals surface area contributed by atoms with Gasteiger partial charge in [0.1, 0.15) is 0 Å². The van der Waals surface area contributed by atoms with E-state index in [1.807, 2.05) is 0 Å². The van der Waals surface area contributed by atoms with E-state index in [-0.39, 0.29) is 5.57 Å². The second kappa shape index (κ2) is 4.67. The molecule has 1 unspecified atom stereocenters. The average molecular weight is 294 g/mol. The molecular formula is C9H8F6O4. The predicted octanol–water partition coefficient (Wildman–Crippen LogP) is 1.69. The van der Waals surface area contributed by atoms with E-state index in [1.54, 1.807) is 0 Å². The van der Waals surface area contributed by atoms with Crippen LogP contribution in [0.25, 0.3) is 0 Å². The smallest absolute Gasteiger partial charge is 0.426 e. The predicted molar refractivity (Wildman–Crippen MR) is 46.6 cm³/mol. The highest BCUT2D eigenvalue weighted by Crippen LogP contribution is 2.46. The van der Waals surface area contributed by atoms with Crippen LogP contribution in [0.5, 0.6) is 0 Å². The Hall–Kier alpha value is -1.29. The molecule has 0 aromatic heterocycles. The molecule has 0 amide bonds. The zero-order valence-corrected chi connectivity index (χ0v) is 9.14. The van der Waals surface area contributed by atoms with Gasteiger partial charge in [0.05, 0.1) is 18.6 Å². The maximum absolute atomic E-state index is 12.3. The number of cyclic esters (lactones) is 1. The fourth-order valence-corrected chi connectivity index (χ4v) is 1.22.